The number of carbonyl (C=O) groups is 1. The van der Waals surface area contributed by atoms with Crippen molar-refractivity contribution in [2.24, 2.45) is 5.92 Å². The van der Waals surface area contributed by atoms with E-state index in [2.05, 4.69) is 19.2 Å². The number of esters is 1. The molecule has 1 heterocycles. The summed E-state index contributed by atoms with van der Waals surface area (Å²) in [6, 6.07) is -0.0787. The van der Waals surface area contributed by atoms with Crippen LogP contribution in [0.3, 0.4) is 0 Å². The molecular formula is C8H15NO2. The van der Waals surface area contributed by atoms with Crippen molar-refractivity contribution in [2.45, 2.75) is 39.5 Å². The number of hydrogen-bond acceptors (Lipinski definition) is 3. The second-order valence-electron chi connectivity index (χ2n) is 3.43. The van der Waals surface area contributed by atoms with Crippen LogP contribution in [0.5, 0.6) is 0 Å². The lowest BCUT2D eigenvalue weighted by Crippen LogP contribution is -2.31. The fourth-order valence-electron chi connectivity index (χ4n) is 1.28. The van der Waals surface area contributed by atoms with Crippen LogP contribution in [0.1, 0.15) is 27.2 Å². The third kappa shape index (κ3) is 2.19. The summed E-state index contributed by atoms with van der Waals surface area (Å²) in [5, 5.41) is 3.06. The Labute approximate surface area is 67.1 Å². The van der Waals surface area contributed by atoms with Gasteiger partial charge in [0.15, 0.2) is 6.23 Å². The van der Waals surface area contributed by atoms with Gasteiger partial charge in [0.25, 0.3) is 0 Å². The SMILES string of the molecule is CC(C)CC1NC(C)OC1=O. The highest BCUT2D eigenvalue weighted by molar-refractivity contribution is 5.77. The normalized spacial score (nSPS) is 31.1. The first-order chi connectivity index (χ1) is 5.09. The first kappa shape index (κ1) is 8.53. The molecule has 64 valence electrons. The maximum absolute atomic E-state index is 11.0. The molecule has 0 radical (unpaired) electrons. The molecule has 0 aromatic heterocycles. The maximum Gasteiger partial charge on any atom is 0.324 e. The summed E-state index contributed by atoms with van der Waals surface area (Å²) in [6.07, 6.45) is 0.759. The van der Waals surface area contributed by atoms with Crippen LogP contribution in [-0.4, -0.2) is 18.2 Å². The maximum atomic E-state index is 11.0. The first-order valence-electron chi connectivity index (χ1n) is 4.06. The van der Waals surface area contributed by atoms with Crippen molar-refractivity contribution in [3.05, 3.63) is 0 Å². The van der Waals surface area contributed by atoms with Crippen molar-refractivity contribution >= 4 is 5.97 Å². The first-order valence-corrected chi connectivity index (χ1v) is 4.06. The second kappa shape index (κ2) is 3.22. The van der Waals surface area contributed by atoms with Crippen LogP contribution in [0.4, 0.5) is 0 Å². The van der Waals surface area contributed by atoms with E-state index in [0.717, 1.165) is 6.42 Å². The molecule has 0 saturated carbocycles. The van der Waals surface area contributed by atoms with Crippen molar-refractivity contribution < 1.29 is 9.53 Å². The number of hydrogen-bond donors (Lipinski definition) is 1. The molecule has 1 saturated heterocycles. The smallest absolute Gasteiger partial charge is 0.324 e. The lowest BCUT2D eigenvalue weighted by molar-refractivity contribution is -0.142. The summed E-state index contributed by atoms with van der Waals surface area (Å²) in [4.78, 5) is 11.0. The molecule has 0 spiro atoms. The van der Waals surface area contributed by atoms with Crippen LogP contribution < -0.4 is 5.32 Å². The summed E-state index contributed by atoms with van der Waals surface area (Å²) >= 11 is 0. The molecule has 0 aromatic carbocycles. The molecule has 1 N–H and O–H groups in total. The fourth-order valence-corrected chi connectivity index (χ4v) is 1.28. The molecule has 0 aliphatic carbocycles. The number of ether oxygens (including phenoxy) is 1. The lowest BCUT2D eigenvalue weighted by atomic mass is 10.0. The molecule has 11 heavy (non-hydrogen) atoms. The Kier molecular flexibility index (Phi) is 2.49. The molecular weight excluding hydrogens is 142 g/mol. The van der Waals surface area contributed by atoms with E-state index in [9.17, 15) is 4.79 Å². The van der Waals surface area contributed by atoms with Gasteiger partial charge in [0.2, 0.25) is 0 Å². The predicted molar refractivity (Wildman–Crippen MR) is 41.9 cm³/mol. The number of cyclic esters (lactones) is 1. The Balaban J connectivity index is 2.41. The van der Waals surface area contributed by atoms with Gasteiger partial charge in [0.05, 0.1) is 0 Å². The molecule has 1 aliphatic rings. The van der Waals surface area contributed by atoms with E-state index in [1.54, 1.807) is 0 Å². The average molecular weight is 157 g/mol. The quantitative estimate of drug-likeness (QED) is 0.605. The van der Waals surface area contributed by atoms with Crippen molar-refractivity contribution in [3.63, 3.8) is 0 Å². The summed E-state index contributed by atoms with van der Waals surface area (Å²) < 4.78 is 4.92. The fraction of sp³-hybridized carbons (Fsp3) is 0.875. The third-order valence-corrected chi connectivity index (χ3v) is 1.72. The highest BCUT2D eigenvalue weighted by Crippen LogP contribution is 2.12. The number of carbonyl (C=O) groups excluding carboxylic acids is 1. The average Bonchev–Trinajstić information content (AvgIpc) is 2.09. The zero-order valence-electron chi connectivity index (χ0n) is 7.26. The van der Waals surface area contributed by atoms with Crippen molar-refractivity contribution in [2.75, 3.05) is 0 Å². The topological polar surface area (TPSA) is 38.3 Å². The molecule has 0 amide bonds. The predicted octanol–water partition coefficient (Wildman–Crippen LogP) is 0.893. The van der Waals surface area contributed by atoms with Crippen molar-refractivity contribution in [1.82, 2.24) is 5.32 Å². The molecule has 2 unspecified atom stereocenters. The summed E-state index contributed by atoms with van der Waals surface area (Å²) in [5.74, 6) is 0.427. The standard InChI is InChI=1S/C8H15NO2/c1-5(2)4-7-8(10)11-6(3)9-7/h5-7,9H,4H2,1-3H3. The van der Waals surface area contributed by atoms with Crippen LogP contribution >= 0.6 is 0 Å². The van der Waals surface area contributed by atoms with Gasteiger partial charge in [-0.25, -0.2) is 0 Å². The summed E-state index contributed by atoms with van der Waals surface area (Å²) in [6.45, 7) is 6.04. The lowest BCUT2D eigenvalue weighted by Gasteiger charge is -2.08. The van der Waals surface area contributed by atoms with Gasteiger partial charge in [-0.1, -0.05) is 13.8 Å². The second-order valence-corrected chi connectivity index (χ2v) is 3.43. The van der Waals surface area contributed by atoms with Gasteiger partial charge < -0.3 is 4.74 Å². The van der Waals surface area contributed by atoms with E-state index in [-0.39, 0.29) is 18.2 Å². The number of rotatable bonds is 2. The summed E-state index contributed by atoms with van der Waals surface area (Å²) in [7, 11) is 0. The molecule has 0 bridgehead atoms. The van der Waals surface area contributed by atoms with E-state index >= 15 is 0 Å². The Hall–Kier alpha value is -0.570. The van der Waals surface area contributed by atoms with E-state index in [1.165, 1.54) is 0 Å². The molecule has 1 fully saturated rings. The van der Waals surface area contributed by atoms with Gasteiger partial charge in [-0.15, -0.1) is 0 Å². The Morgan fingerprint density at radius 2 is 2.27 bits per heavy atom. The summed E-state index contributed by atoms with van der Waals surface area (Å²) in [5.41, 5.74) is 0. The zero-order valence-corrected chi connectivity index (χ0v) is 7.26. The van der Waals surface area contributed by atoms with Crippen molar-refractivity contribution in [3.8, 4) is 0 Å². The molecule has 3 nitrogen and oxygen atoms in total. The molecule has 1 rings (SSSR count). The Morgan fingerprint density at radius 1 is 1.64 bits per heavy atom. The van der Waals surface area contributed by atoms with E-state index in [0.29, 0.717) is 5.92 Å². The largest absolute Gasteiger partial charge is 0.446 e. The number of nitrogens with one attached hydrogen (secondary N) is 1. The Bertz CT molecular complexity index is 156. The minimum absolute atomic E-state index is 0.0787. The minimum atomic E-state index is -0.105. The van der Waals surface area contributed by atoms with Gasteiger partial charge in [-0.3, -0.25) is 10.1 Å². The highest BCUT2D eigenvalue weighted by atomic mass is 16.6. The molecule has 1 aliphatic heterocycles. The van der Waals surface area contributed by atoms with Gasteiger partial charge in [0, 0.05) is 0 Å². The van der Waals surface area contributed by atoms with Crippen LogP contribution in [0.2, 0.25) is 0 Å². The molecule has 3 heteroatoms. The minimum Gasteiger partial charge on any atom is -0.446 e. The highest BCUT2D eigenvalue weighted by Gasteiger charge is 2.30. The molecule has 0 aromatic rings. The molecule has 2 atom stereocenters. The van der Waals surface area contributed by atoms with E-state index in [4.69, 9.17) is 4.74 Å². The van der Waals surface area contributed by atoms with Gasteiger partial charge in [0.1, 0.15) is 6.04 Å². The van der Waals surface area contributed by atoms with Crippen LogP contribution in [-0.2, 0) is 9.53 Å². The Morgan fingerprint density at radius 3 is 2.64 bits per heavy atom. The van der Waals surface area contributed by atoms with Crippen LogP contribution in [0, 0.1) is 5.92 Å². The van der Waals surface area contributed by atoms with E-state index in [1.807, 2.05) is 6.92 Å². The third-order valence-electron chi connectivity index (χ3n) is 1.72. The van der Waals surface area contributed by atoms with Gasteiger partial charge >= 0.3 is 5.97 Å². The van der Waals surface area contributed by atoms with Gasteiger partial charge in [-0.2, -0.15) is 0 Å². The van der Waals surface area contributed by atoms with E-state index < -0.39 is 0 Å². The van der Waals surface area contributed by atoms with Crippen molar-refractivity contribution in [1.29, 1.82) is 0 Å². The van der Waals surface area contributed by atoms with Crippen LogP contribution in [0.15, 0.2) is 0 Å². The monoisotopic (exact) mass is 157 g/mol. The zero-order chi connectivity index (χ0) is 8.43. The van der Waals surface area contributed by atoms with Gasteiger partial charge in [-0.05, 0) is 19.3 Å². The van der Waals surface area contributed by atoms with Crippen LogP contribution in [0.25, 0.3) is 0 Å².